The molecule has 1 aliphatic rings. The molecule has 0 saturated heterocycles. The number of alkyl halides is 20. The van der Waals surface area contributed by atoms with E-state index < -0.39 is 76.1 Å². The molecule has 0 unspecified atom stereocenters. The van der Waals surface area contributed by atoms with Crippen LogP contribution in [0.4, 0.5) is 122 Å². The molecule has 0 atom stereocenters. The Bertz CT molecular complexity index is 2510. The number of hydrogen-bond donors (Lipinski definition) is 0. The number of nitrogens with zero attached hydrogens (tertiary/aromatic N) is 2. The highest BCUT2D eigenvalue weighted by atomic mass is 19.4. The third-order valence-corrected chi connectivity index (χ3v) is 11.5. The number of hydrogen-bond acceptors (Lipinski definition) is 2. The van der Waals surface area contributed by atoms with Crippen molar-refractivity contribution in [3.05, 3.63) is 167 Å². The van der Waals surface area contributed by atoms with Gasteiger partial charge in [0.1, 0.15) is 0 Å². The topological polar surface area (TPSA) is 6.48 Å². The van der Waals surface area contributed by atoms with Crippen molar-refractivity contribution in [2.45, 2.75) is 67.7 Å². The van der Waals surface area contributed by atoms with Crippen molar-refractivity contribution in [2.75, 3.05) is 9.80 Å². The molecular weight excluding hydrogens is 972 g/mol. The number of fused-ring (bicyclic) bond motifs is 3. The summed E-state index contributed by atoms with van der Waals surface area (Å²) in [5.41, 5.74) is -5.82. The summed E-state index contributed by atoms with van der Waals surface area (Å²) in [5, 5.41) is 0. The van der Waals surface area contributed by atoms with E-state index in [1.807, 2.05) is 0 Å². The van der Waals surface area contributed by atoms with Crippen molar-refractivity contribution in [1.29, 1.82) is 0 Å². The first-order valence-corrected chi connectivity index (χ1v) is 19.6. The molecule has 0 heterocycles. The van der Waals surface area contributed by atoms with Crippen LogP contribution in [0.3, 0.4) is 0 Å². The maximum Gasteiger partial charge on any atom is 0.458 e. The van der Waals surface area contributed by atoms with Crippen LogP contribution in [0.15, 0.2) is 133 Å². The van der Waals surface area contributed by atoms with Crippen LogP contribution in [0.2, 0.25) is 0 Å². The van der Waals surface area contributed by atoms with Crippen molar-refractivity contribution in [3.63, 3.8) is 0 Å². The van der Waals surface area contributed by atoms with Gasteiger partial charge in [-0.1, -0.05) is 74.5 Å². The fourth-order valence-corrected chi connectivity index (χ4v) is 7.82. The molecule has 0 saturated carbocycles. The van der Waals surface area contributed by atoms with Gasteiger partial charge in [-0.05, 0) is 95.1 Å². The van der Waals surface area contributed by atoms with Crippen molar-refractivity contribution in [3.8, 4) is 11.1 Å². The van der Waals surface area contributed by atoms with E-state index in [2.05, 4.69) is 0 Å². The lowest BCUT2D eigenvalue weighted by atomic mass is 9.82. The van der Waals surface area contributed by atoms with Crippen molar-refractivity contribution in [2.24, 2.45) is 0 Å². The maximum atomic E-state index is 14.3. The molecular formula is C47H28F20N2. The first-order valence-electron chi connectivity index (χ1n) is 19.6. The SMILES string of the molecule is CC1(C)c2cc(N(c3ccc(C(F)(F)C(F)(F)F)cc3)c3ccc(C(F)(F)C(F)(F)F)cc3)ccc2-c2ccc(N(c3ccc(C(F)(F)C(F)(F)F)cc3)c3ccc(C(F)(F)C(F)(F)F)cc3)cc21. The minimum Gasteiger partial charge on any atom is -0.310 e. The van der Waals surface area contributed by atoms with Gasteiger partial charge >= 0.3 is 48.4 Å². The minimum atomic E-state index is -6.01. The largest absolute Gasteiger partial charge is 0.458 e. The second-order valence-electron chi connectivity index (χ2n) is 16.2. The molecule has 0 fully saturated rings. The van der Waals surface area contributed by atoms with E-state index in [1.165, 1.54) is 36.4 Å². The summed E-state index contributed by atoms with van der Waals surface area (Å²) >= 11 is 0. The Hall–Kier alpha value is -6.48. The lowest BCUT2D eigenvalue weighted by Gasteiger charge is -2.30. The average molecular weight is 1000 g/mol. The summed E-state index contributed by atoms with van der Waals surface area (Å²) in [7, 11) is 0. The number of anilines is 6. The van der Waals surface area contributed by atoms with E-state index in [0.29, 0.717) is 70.8 Å². The Morgan fingerprint density at radius 3 is 0.652 bits per heavy atom. The van der Waals surface area contributed by atoms with E-state index in [1.54, 1.807) is 13.8 Å². The van der Waals surface area contributed by atoms with Crippen molar-refractivity contribution < 1.29 is 87.8 Å². The summed E-state index contributed by atoms with van der Waals surface area (Å²) in [5.74, 6) is -21.3. The van der Waals surface area contributed by atoms with Gasteiger partial charge in [0.05, 0.1) is 0 Å². The molecule has 0 aromatic heterocycles. The molecule has 0 bridgehead atoms. The molecule has 0 radical (unpaired) electrons. The predicted octanol–water partition coefficient (Wildman–Crippen LogP) is 17.5. The highest BCUT2D eigenvalue weighted by Gasteiger charge is 2.61. The van der Waals surface area contributed by atoms with E-state index >= 15 is 0 Å². The Balaban J connectivity index is 1.34. The fourth-order valence-electron chi connectivity index (χ4n) is 7.82. The van der Waals surface area contributed by atoms with Crippen LogP contribution in [0.5, 0.6) is 0 Å². The molecule has 6 aromatic carbocycles. The highest BCUT2D eigenvalue weighted by Crippen LogP contribution is 2.54. The first-order chi connectivity index (χ1) is 31.5. The summed E-state index contributed by atoms with van der Waals surface area (Å²) in [4.78, 5) is 2.32. The fraction of sp³-hybridized carbons (Fsp3) is 0.234. The van der Waals surface area contributed by atoms with Gasteiger partial charge in [-0.25, -0.2) is 0 Å². The second-order valence-corrected chi connectivity index (χ2v) is 16.2. The van der Waals surface area contributed by atoms with E-state index in [9.17, 15) is 87.8 Å². The molecule has 69 heavy (non-hydrogen) atoms. The predicted molar refractivity (Wildman–Crippen MR) is 213 cm³/mol. The summed E-state index contributed by atoms with van der Waals surface area (Å²) in [6, 6.07) is 18.9. The monoisotopic (exact) mass is 1000 g/mol. The van der Waals surface area contributed by atoms with Gasteiger partial charge in [0.25, 0.3) is 0 Å². The Labute approximate surface area is 377 Å². The summed E-state index contributed by atoms with van der Waals surface area (Å²) in [6.07, 6.45) is -24.0. The van der Waals surface area contributed by atoms with E-state index in [4.69, 9.17) is 0 Å². The van der Waals surface area contributed by atoms with Crippen LogP contribution < -0.4 is 9.80 Å². The molecule has 2 nitrogen and oxygen atoms in total. The molecule has 0 N–H and O–H groups in total. The lowest BCUT2D eigenvalue weighted by Crippen LogP contribution is -2.33. The number of benzene rings is 6. The van der Waals surface area contributed by atoms with Crippen LogP contribution in [-0.4, -0.2) is 24.7 Å². The standard InChI is InChI=1S/C47H28F20N2/c1-39(2)37-23-33(68(29-11-3-25(4-12-29)40(48,49)44(56,57)58)30-13-5-26(6-14-30)41(50,51)45(59,60)61)19-21-35(37)36-22-20-34(24-38(36)39)69(31-15-7-27(8-16-31)42(52,53)46(62,63)64)32-17-9-28(10-18-32)43(54,55)47(65,66)67/h3-24H,1-2H3. The molecule has 0 aliphatic heterocycles. The van der Waals surface area contributed by atoms with Gasteiger partial charge in [-0.15, -0.1) is 0 Å². The van der Waals surface area contributed by atoms with Crippen LogP contribution in [0.25, 0.3) is 11.1 Å². The van der Waals surface area contributed by atoms with Crippen LogP contribution in [0, 0.1) is 0 Å². The van der Waals surface area contributed by atoms with E-state index in [0.717, 1.165) is 58.3 Å². The Kier molecular flexibility index (Phi) is 11.9. The molecule has 7 rings (SSSR count). The highest BCUT2D eigenvalue weighted by molar-refractivity contribution is 5.88. The molecule has 22 heteroatoms. The summed E-state index contributed by atoms with van der Waals surface area (Å²) in [6.45, 7) is 3.31. The second kappa shape index (κ2) is 16.3. The molecule has 0 amide bonds. The van der Waals surface area contributed by atoms with E-state index in [-0.39, 0.29) is 34.1 Å². The normalized spacial score (nSPS) is 14.6. The maximum absolute atomic E-state index is 14.3. The van der Waals surface area contributed by atoms with Gasteiger partial charge < -0.3 is 9.80 Å². The number of halogens is 20. The van der Waals surface area contributed by atoms with Crippen LogP contribution in [-0.2, 0) is 29.1 Å². The van der Waals surface area contributed by atoms with Gasteiger partial charge in [-0.2, -0.15) is 87.8 Å². The van der Waals surface area contributed by atoms with Gasteiger partial charge in [-0.3, -0.25) is 0 Å². The lowest BCUT2D eigenvalue weighted by molar-refractivity contribution is -0.289. The molecule has 0 spiro atoms. The minimum absolute atomic E-state index is 0.0636. The van der Waals surface area contributed by atoms with Gasteiger partial charge in [0, 0.05) is 61.8 Å². The van der Waals surface area contributed by atoms with Crippen molar-refractivity contribution >= 4 is 34.1 Å². The Morgan fingerprint density at radius 2 is 0.464 bits per heavy atom. The quantitative estimate of drug-likeness (QED) is 0.126. The average Bonchev–Trinajstić information content (AvgIpc) is 3.47. The zero-order valence-electron chi connectivity index (χ0n) is 34.7. The Morgan fingerprint density at radius 1 is 0.275 bits per heavy atom. The zero-order valence-corrected chi connectivity index (χ0v) is 34.7. The third kappa shape index (κ3) is 8.56. The molecule has 1 aliphatic carbocycles. The molecule has 6 aromatic rings. The smallest absolute Gasteiger partial charge is 0.310 e. The number of rotatable bonds is 10. The third-order valence-electron chi connectivity index (χ3n) is 11.5. The van der Waals surface area contributed by atoms with Crippen LogP contribution >= 0.6 is 0 Å². The van der Waals surface area contributed by atoms with Gasteiger partial charge in [0.15, 0.2) is 0 Å². The molecule has 366 valence electrons. The summed E-state index contributed by atoms with van der Waals surface area (Å²) < 4.78 is 273. The van der Waals surface area contributed by atoms with Crippen LogP contribution in [0.1, 0.15) is 47.2 Å². The van der Waals surface area contributed by atoms with Gasteiger partial charge in [0.2, 0.25) is 0 Å². The van der Waals surface area contributed by atoms with Crippen molar-refractivity contribution in [1.82, 2.24) is 0 Å². The first kappa shape index (κ1) is 50.4. The zero-order chi connectivity index (χ0) is 51.3.